The summed E-state index contributed by atoms with van der Waals surface area (Å²) in [4.78, 5) is 0. The number of halogens is 2. The minimum atomic E-state index is -2.59. The van der Waals surface area contributed by atoms with E-state index < -0.39 is 6.43 Å². The molecule has 0 aliphatic carbocycles. The van der Waals surface area contributed by atoms with Gasteiger partial charge in [-0.1, -0.05) is 18.2 Å². The van der Waals surface area contributed by atoms with E-state index in [0.717, 1.165) is 29.0 Å². The van der Waals surface area contributed by atoms with E-state index in [4.69, 9.17) is 4.74 Å². The van der Waals surface area contributed by atoms with Crippen LogP contribution in [-0.2, 0) is 13.6 Å². The molecule has 0 bridgehead atoms. The van der Waals surface area contributed by atoms with E-state index in [1.54, 1.807) is 30.2 Å². The molecule has 140 valence electrons. The minimum absolute atomic E-state index is 0.0467. The third kappa shape index (κ3) is 3.32. The van der Waals surface area contributed by atoms with Gasteiger partial charge in [-0.15, -0.1) is 0 Å². The van der Waals surface area contributed by atoms with Crippen LogP contribution in [0.5, 0.6) is 5.75 Å². The Morgan fingerprint density at radius 3 is 2.78 bits per heavy atom. The zero-order valence-corrected chi connectivity index (χ0v) is 15.3. The molecule has 27 heavy (non-hydrogen) atoms. The summed E-state index contributed by atoms with van der Waals surface area (Å²) in [5.41, 5.74) is 4.41. The molecule has 4 nitrogen and oxygen atoms in total. The maximum absolute atomic E-state index is 14.2. The van der Waals surface area contributed by atoms with Crippen molar-refractivity contribution in [2.75, 3.05) is 13.2 Å². The highest BCUT2D eigenvalue weighted by atomic mass is 19.3. The predicted octanol–water partition coefficient (Wildman–Crippen LogP) is 4.48. The van der Waals surface area contributed by atoms with E-state index in [9.17, 15) is 8.78 Å². The molecule has 0 amide bonds. The molecule has 4 rings (SSSR count). The van der Waals surface area contributed by atoms with Gasteiger partial charge in [-0.25, -0.2) is 8.78 Å². The van der Waals surface area contributed by atoms with Crippen LogP contribution in [0.1, 0.15) is 23.1 Å². The van der Waals surface area contributed by atoms with Gasteiger partial charge in [0, 0.05) is 43.0 Å². The maximum atomic E-state index is 14.2. The van der Waals surface area contributed by atoms with Crippen LogP contribution in [0.2, 0.25) is 0 Å². The van der Waals surface area contributed by atoms with Crippen molar-refractivity contribution in [2.24, 2.45) is 7.05 Å². The number of aryl methyl sites for hydroxylation is 2. The Balaban J connectivity index is 1.91. The standard InChI is InChI=1S/C21H21F2N3O/c1-13-3-5-17(16-11-25-26(2)12-16)20(21(22)23)19(13)14-4-6-18-15(9-14)10-24-7-8-27-18/h3-6,9,11-12,21,24H,7-8,10H2,1-2H3. The lowest BCUT2D eigenvalue weighted by atomic mass is 9.89. The summed E-state index contributed by atoms with van der Waals surface area (Å²) in [6.07, 6.45) is 0.785. The van der Waals surface area contributed by atoms with Gasteiger partial charge in [0.1, 0.15) is 12.4 Å². The molecule has 1 aromatic heterocycles. The van der Waals surface area contributed by atoms with E-state index in [1.165, 1.54) is 0 Å². The van der Waals surface area contributed by atoms with Crippen LogP contribution in [0.3, 0.4) is 0 Å². The molecule has 2 aromatic carbocycles. The molecular weight excluding hydrogens is 348 g/mol. The number of hydrogen-bond acceptors (Lipinski definition) is 3. The second-order valence-electron chi connectivity index (χ2n) is 6.77. The van der Waals surface area contributed by atoms with Crippen LogP contribution in [-0.4, -0.2) is 22.9 Å². The fourth-order valence-electron chi connectivity index (χ4n) is 3.62. The molecule has 0 fully saturated rings. The molecule has 0 radical (unpaired) electrons. The highest BCUT2D eigenvalue weighted by Gasteiger charge is 2.23. The van der Waals surface area contributed by atoms with Crippen LogP contribution in [0.25, 0.3) is 22.3 Å². The largest absolute Gasteiger partial charge is 0.492 e. The summed E-state index contributed by atoms with van der Waals surface area (Å²) in [5, 5.41) is 7.42. The van der Waals surface area contributed by atoms with Crippen molar-refractivity contribution in [2.45, 2.75) is 19.9 Å². The minimum Gasteiger partial charge on any atom is -0.492 e. The normalized spacial score (nSPS) is 14.0. The molecule has 0 saturated heterocycles. The van der Waals surface area contributed by atoms with Crippen molar-refractivity contribution < 1.29 is 13.5 Å². The van der Waals surface area contributed by atoms with Gasteiger partial charge in [0.25, 0.3) is 6.43 Å². The first-order chi connectivity index (χ1) is 13.0. The van der Waals surface area contributed by atoms with Crippen LogP contribution >= 0.6 is 0 Å². The van der Waals surface area contributed by atoms with Crippen LogP contribution < -0.4 is 10.1 Å². The number of alkyl halides is 2. The molecule has 0 spiro atoms. The van der Waals surface area contributed by atoms with Gasteiger partial charge >= 0.3 is 0 Å². The first kappa shape index (κ1) is 17.7. The second kappa shape index (κ2) is 7.12. The van der Waals surface area contributed by atoms with Crippen molar-refractivity contribution >= 4 is 0 Å². The summed E-state index contributed by atoms with van der Waals surface area (Å²) in [6, 6.07) is 9.35. The second-order valence-corrected chi connectivity index (χ2v) is 6.77. The number of benzene rings is 2. The quantitative estimate of drug-likeness (QED) is 0.740. The highest BCUT2D eigenvalue weighted by Crippen LogP contribution is 2.41. The summed E-state index contributed by atoms with van der Waals surface area (Å²) >= 11 is 0. The van der Waals surface area contributed by atoms with Gasteiger partial charge in [0.15, 0.2) is 0 Å². The number of aromatic nitrogens is 2. The number of nitrogens with one attached hydrogen (secondary N) is 1. The molecule has 1 aliphatic rings. The number of fused-ring (bicyclic) bond motifs is 1. The SMILES string of the molecule is Cc1ccc(-c2cnn(C)c2)c(C(F)F)c1-c1ccc2c(c1)CNCCO2. The Kier molecular flexibility index (Phi) is 4.66. The Labute approximate surface area is 156 Å². The third-order valence-electron chi connectivity index (χ3n) is 4.89. The average molecular weight is 369 g/mol. The monoisotopic (exact) mass is 369 g/mol. The summed E-state index contributed by atoms with van der Waals surface area (Å²) in [5.74, 6) is 0.809. The van der Waals surface area contributed by atoms with E-state index in [1.807, 2.05) is 31.2 Å². The number of ether oxygens (including phenoxy) is 1. The topological polar surface area (TPSA) is 39.1 Å². The van der Waals surface area contributed by atoms with Gasteiger partial charge in [0.2, 0.25) is 0 Å². The average Bonchev–Trinajstić information content (AvgIpc) is 2.94. The van der Waals surface area contributed by atoms with Crippen molar-refractivity contribution in [3.8, 4) is 28.0 Å². The van der Waals surface area contributed by atoms with Crippen LogP contribution in [0, 0.1) is 6.92 Å². The van der Waals surface area contributed by atoms with Crippen molar-refractivity contribution in [3.05, 3.63) is 59.4 Å². The molecular formula is C21H21F2N3O. The van der Waals surface area contributed by atoms with Gasteiger partial charge in [-0.2, -0.15) is 5.10 Å². The van der Waals surface area contributed by atoms with Gasteiger partial charge in [-0.05, 0) is 41.3 Å². The third-order valence-corrected chi connectivity index (χ3v) is 4.89. The number of nitrogens with zero attached hydrogens (tertiary/aromatic N) is 2. The molecule has 1 aliphatic heterocycles. The summed E-state index contributed by atoms with van der Waals surface area (Å²) < 4.78 is 35.7. The first-order valence-electron chi connectivity index (χ1n) is 8.92. The Morgan fingerprint density at radius 1 is 1.19 bits per heavy atom. The summed E-state index contributed by atoms with van der Waals surface area (Å²) in [7, 11) is 1.78. The lowest BCUT2D eigenvalue weighted by Crippen LogP contribution is -2.16. The number of hydrogen-bond donors (Lipinski definition) is 1. The lowest BCUT2D eigenvalue weighted by Gasteiger charge is -2.18. The molecule has 0 saturated carbocycles. The molecule has 1 N–H and O–H groups in total. The number of rotatable bonds is 3. The van der Waals surface area contributed by atoms with Crippen molar-refractivity contribution in [1.82, 2.24) is 15.1 Å². The molecule has 0 unspecified atom stereocenters. The zero-order valence-electron chi connectivity index (χ0n) is 15.3. The van der Waals surface area contributed by atoms with Gasteiger partial charge in [-0.3, -0.25) is 4.68 Å². The van der Waals surface area contributed by atoms with Crippen molar-refractivity contribution in [1.29, 1.82) is 0 Å². The fraction of sp³-hybridized carbons (Fsp3) is 0.286. The van der Waals surface area contributed by atoms with Crippen LogP contribution in [0.15, 0.2) is 42.7 Å². The first-order valence-corrected chi connectivity index (χ1v) is 8.92. The Morgan fingerprint density at radius 2 is 2.04 bits per heavy atom. The Hall–Kier alpha value is -2.73. The van der Waals surface area contributed by atoms with Crippen molar-refractivity contribution in [3.63, 3.8) is 0 Å². The predicted molar refractivity (Wildman–Crippen MR) is 101 cm³/mol. The summed E-state index contributed by atoms with van der Waals surface area (Å²) in [6.45, 7) is 3.90. The van der Waals surface area contributed by atoms with E-state index in [0.29, 0.717) is 29.8 Å². The van der Waals surface area contributed by atoms with Gasteiger partial charge < -0.3 is 10.1 Å². The molecule has 2 heterocycles. The van der Waals surface area contributed by atoms with Crippen LogP contribution in [0.4, 0.5) is 8.78 Å². The smallest absolute Gasteiger partial charge is 0.265 e. The lowest BCUT2D eigenvalue weighted by molar-refractivity contribution is 0.152. The van der Waals surface area contributed by atoms with E-state index >= 15 is 0 Å². The molecule has 6 heteroatoms. The van der Waals surface area contributed by atoms with Gasteiger partial charge in [0.05, 0.1) is 6.20 Å². The van der Waals surface area contributed by atoms with E-state index in [2.05, 4.69) is 10.4 Å². The Bertz CT molecular complexity index is 982. The highest BCUT2D eigenvalue weighted by molar-refractivity contribution is 5.81. The van der Waals surface area contributed by atoms with E-state index in [-0.39, 0.29) is 5.56 Å². The fourth-order valence-corrected chi connectivity index (χ4v) is 3.62. The maximum Gasteiger partial charge on any atom is 0.265 e. The molecule has 0 atom stereocenters. The zero-order chi connectivity index (χ0) is 19.0. The molecule has 3 aromatic rings.